The number of allylic oxidation sites excluding steroid dienone is 6. The first-order valence-electron chi connectivity index (χ1n) is 14.6. The number of hydrogen-bond donors (Lipinski definition) is 0. The third kappa shape index (κ3) is 4.76. The molecular formula is C40H37N. The smallest absolute Gasteiger partial charge is 0.0719 e. The van der Waals surface area contributed by atoms with E-state index in [1.54, 1.807) is 0 Å². The van der Waals surface area contributed by atoms with Crippen LogP contribution in [0.3, 0.4) is 0 Å². The summed E-state index contributed by atoms with van der Waals surface area (Å²) in [6, 6.07) is 39.5. The van der Waals surface area contributed by atoms with Crippen molar-refractivity contribution in [3.05, 3.63) is 179 Å². The van der Waals surface area contributed by atoms with Crippen LogP contribution < -0.4 is 0 Å². The van der Waals surface area contributed by atoms with Gasteiger partial charge in [-0.2, -0.15) is 0 Å². The minimum atomic E-state index is -0.412. The molecule has 0 saturated heterocycles. The lowest BCUT2D eigenvalue weighted by Crippen LogP contribution is -2.35. The fourth-order valence-corrected chi connectivity index (χ4v) is 6.64. The zero-order valence-electron chi connectivity index (χ0n) is 24.3. The van der Waals surface area contributed by atoms with Crippen LogP contribution in [-0.4, -0.2) is 5.71 Å². The minimum absolute atomic E-state index is 0.396. The third-order valence-electron chi connectivity index (χ3n) is 8.70. The zero-order valence-corrected chi connectivity index (χ0v) is 24.3. The summed E-state index contributed by atoms with van der Waals surface area (Å²) in [7, 11) is 0. The van der Waals surface area contributed by atoms with Crippen molar-refractivity contribution in [1.82, 2.24) is 0 Å². The van der Waals surface area contributed by atoms with E-state index in [0.717, 1.165) is 35.4 Å². The molecule has 41 heavy (non-hydrogen) atoms. The lowest BCUT2D eigenvalue weighted by molar-refractivity contribution is 0.560. The van der Waals surface area contributed by atoms with Crippen LogP contribution in [0.1, 0.15) is 60.6 Å². The molecule has 6 rings (SSSR count). The van der Waals surface area contributed by atoms with Crippen molar-refractivity contribution in [3.63, 3.8) is 0 Å². The number of aliphatic imine (C=N–C) groups is 1. The highest BCUT2D eigenvalue weighted by atomic mass is 14.8. The molecule has 0 bridgehead atoms. The van der Waals surface area contributed by atoms with E-state index in [2.05, 4.69) is 155 Å². The van der Waals surface area contributed by atoms with Crippen molar-refractivity contribution in [2.45, 2.75) is 39.0 Å². The molecule has 2 aliphatic carbocycles. The van der Waals surface area contributed by atoms with E-state index < -0.39 is 5.41 Å². The van der Waals surface area contributed by atoms with Crippen molar-refractivity contribution in [1.29, 1.82) is 0 Å². The van der Waals surface area contributed by atoms with Gasteiger partial charge in [0.2, 0.25) is 0 Å². The van der Waals surface area contributed by atoms with Crippen molar-refractivity contribution in [3.8, 4) is 0 Å². The topological polar surface area (TPSA) is 12.4 Å². The average molecular weight is 532 g/mol. The van der Waals surface area contributed by atoms with E-state index in [1.807, 2.05) is 0 Å². The van der Waals surface area contributed by atoms with Crippen molar-refractivity contribution in [2.75, 3.05) is 0 Å². The van der Waals surface area contributed by atoms with Crippen molar-refractivity contribution >= 4 is 17.0 Å². The van der Waals surface area contributed by atoms with Crippen LogP contribution >= 0.6 is 0 Å². The Bertz CT molecular complexity index is 1700. The van der Waals surface area contributed by atoms with Crippen molar-refractivity contribution < 1.29 is 0 Å². The Morgan fingerprint density at radius 2 is 1.46 bits per heavy atom. The second-order valence-electron chi connectivity index (χ2n) is 11.4. The average Bonchev–Trinajstić information content (AvgIpc) is 3.28. The molecule has 2 aliphatic rings. The molecule has 2 atom stereocenters. The second-order valence-corrected chi connectivity index (χ2v) is 11.4. The largest absolute Gasteiger partial charge is 0.252 e. The molecule has 2 unspecified atom stereocenters. The highest BCUT2D eigenvalue weighted by Gasteiger charge is 2.50. The standard InChI is InChI=1S/C40H37N/c1-28(2)32-25-23-31(24-26-32)27-38-39(41-30(4)33-16-7-5-8-17-33)35-20-12-14-22-37(35)40(38,34-18-9-6-10-19-34)36-21-13-11-15-29(36)3/h5-14,16-26,29H,1,15,27H2,2-4H3/b41-30+. The molecular weight excluding hydrogens is 494 g/mol. The number of hydrogen-bond acceptors (Lipinski definition) is 1. The molecule has 202 valence electrons. The molecule has 4 aromatic carbocycles. The molecule has 0 aliphatic heterocycles. The van der Waals surface area contributed by atoms with Gasteiger partial charge in [0.25, 0.3) is 0 Å². The van der Waals surface area contributed by atoms with Gasteiger partial charge in [-0.1, -0.05) is 146 Å². The fourth-order valence-electron chi connectivity index (χ4n) is 6.64. The Kier molecular flexibility index (Phi) is 7.28. The van der Waals surface area contributed by atoms with E-state index in [-0.39, 0.29) is 0 Å². The molecule has 0 heterocycles. The quantitative estimate of drug-likeness (QED) is 0.210. The van der Waals surface area contributed by atoms with Crippen LogP contribution in [0.25, 0.3) is 11.3 Å². The molecule has 4 aromatic rings. The van der Waals surface area contributed by atoms with Gasteiger partial charge in [-0.05, 0) is 71.6 Å². The summed E-state index contributed by atoms with van der Waals surface area (Å²) in [5.74, 6) is 0.396. The minimum Gasteiger partial charge on any atom is -0.252 e. The highest BCUT2D eigenvalue weighted by molar-refractivity contribution is 6.03. The Morgan fingerprint density at radius 3 is 2.15 bits per heavy atom. The summed E-state index contributed by atoms with van der Waals surface area (Å²) >= 11 is 0. The van der Waals surface area contributed by atoms with E-state index in [9.17, 15) is 0 Å². The number of rotatable bonds is 7. The van der Waals surface area contributed by atoms with Gasteiger partial charge in [0.15, 0.2) is 0 Å². The monoisotopic (exact) mass is 531 g/mol. The maximum absolute atomic E-state index is 5.49. The lowest BCUT2D eigenvalue weighted by atomic mass is 9.61. The van der Waals surface area contributed by atoms with Crippen LogP contribution in [-0.2, 0) is 11.8 Å². The first-order valence-corrected chi connectivity index (χ1v) is 14.6. The lowest BCUT2D eigenvalue weighted by Gasteiger charge is -2.41. The maximum Gasteiger partial charge on any atom is 0.0719 e. The van der Waals surface area contributed by atoms with Crippen LogP contribution in [0.15, 0.2) is 150 Å². The fraction of sp³-hybridized carbons (Fsp3) is 0.175. The summed E-state index contributed by atoms with van der Waals surface area (Å²) in [4.78, 5) is 5.49. The van der Waals surface area contributed by atoms with E-state index in [4.69, 9.17) is 4.99 Å². The molecule has 0 amide bonds. The summed E-state index contributed by atoms with van der Waals surface area (Å²) in [6.45, 7) is 10.7. The Morgan fingerprint density at radius 1 is 0.805 bits per heavy atom. The normalized spacial score (nSPS) is 20.1. The maximum atomic E-state index is 5.49. The third-order valence-corrected chi connectivity index (χ3v) is 8.70. The predicted octanol–water partition coefficient (Wildman–Crippen LogP) is 10.0. The molecule has 0 radical (unpaired) electrons. The first kappa shape index (κ1) is 26.7. The van der Waals surface area contributed by atoms with Crippen LogP contribution in [0.4, 0.5) is 0 Å². The first-order chi connectivity index (χ1) is 20.0. The highest BCUT2D eigenvalue weighted by Crippen LogP contribution is 2.58. The Labute approximate surface area is 245 Å². The Hall–Kier alpha value is -4.49. The zero-order chi connectivity index (χ0) is 28.4. The van der Waals surface area contributed by atoms with Gasteiger partial charge in [0, 0.05) is 11.3 Å². The molecule has 1 heteroatoms. The van der Waals surface area contributed by atoms with Gasteiger partial charge in [-0.3, -0.25) is 4.99 Å². The van der Waals surface area contributed by atoms with Gasteiger partial charge in [0.1, 0.15) is 0 Å². The van der Waals surface area contributed by atoms with Gasteiger partial charge in [-0.15, -0.1) is 0 Å². The number of fused-ring (bicyclic) bond motifs is 1. The molecule has 0 saturated carbocycles. The molecule has 0 spiro atoms. The molecule has 0 aromatic heterocycles. The van der Waals surface area contributed by atoms with E-state index in [1.165, 1.54) is 39.0 Å². The summed E-state index contributed by atoms with van der Waals surface area (Å²) in [5.41, 5.74) is 13.0. The molecule has 0 fully saturated rings. The van der Waals surface area contributed by atoms with Crippen LogP contribution in [0.2, 0.25) is 0 Å². The molecule has 1 nitrogen and oxygen atoms in total. The second kappa shape index (κ2) is 11.2. The summed E-state index contributed by atoms with van der Waals surface area (Å²) in [6.07, 6.45) is 8.75. The number of benzene rings is 4. The van der Waals surface area contributed by atoms with Gasteiger partial charge in [0.05, 0.1) is 11.1 Å². The van der Waals surface area contributed by atoms with Gasteiger partial charge < -0.3 is 0 Å². The van der Waals surface area contributed by atoms with Gasteiger partial charge >= 0.3 is 0 Å². The predicted molar refractivity (Wildman–Crippen MR) is 175 cm³/mol. The summed E-state index contributed by atoms with van der Waals surface area (Å²) < 4.78 is 0. The van der Waals surface area contributed by atoms with Crippen LogP contribution in [0, 0.1) is 5.92 Å². The summed E-state index contributed by atoms with van der Waals surface area (Å²) in [5, 5.41) is 0. The van der Waals surface area contributed by atoms with Crippen LogP contribution in [0.5, 0.6) is 0 Å². The van der Waals surface area contributed by atoms with E-state index in [0.29, 0.717) is 5.92 Å². The van der Waals surface area contributed by atoms with Gasteiger partial charge in [-0.25, -0.2) is 0 Å². The van der Waals surface area contributed by atoms with Crippen molar-refractivity contribution in [2.24, 2.45) is 10.9 Å². The Balaban J connectivity index is 1.68. The van der Waals surface area contributed by atoms with E-state index >= 15 is 0 Å². The number of nitrogens with zero attached hydrogens (tertiary/aromatic N) is 1. The molecule has 0 N–H and O–H groups in total. The SMILES string of the molecule is C=C(C)c1ccc(CC2=C(/N=C(\C)c3ccccc3)c3ccccc3C2(C2=CC=CCC2C)c2ccccc2)cc1.